The van der Waals surface area contributed by atoms with Crippen molar-refractivity contribution >= 4 is 34.5 Å². The molecule has 0 saturated heterocycles. The highest BCUT2D eigenvalue weighted by atomic mass is 35.5. The number of nitrogens with one attached hydrogen (secondary N) is 2. The molecule has 0 spiro atoms. The molecule has 0 aliphatic heterocycles. The van der Waals surface area contributed by atoms with Gasteiger partial charge in [0.25, 0.3) is 5.91 Å². The Morgan fingerprint density at radius 3 is 2.95 bits per heavy atom. The normalized spacial score (nSPS) is 12.2. The van der Waals surface area contributed by atoms with Crippen LogP contribution in [-0.4, -0.2) is 19.5 Å². The monoisotopic (exact) mass is 313 g/mol. The summed E-state index contributed by atoms with van der Waals surface area (Å²) in [5, 5.41) is 6.99. The standard InChI is InChI=1S/C14H14ClFN2OS/c1-18(7-10-4-5-20-9-10)8-14(19)17-13-6-11(15)2-3-12(13)16/h2-6,9H,7-8H2,1H3,(H,17,19)/p+1. The molecule has 2 rings (SSSR count). The number of hydrogen-bond donors (Lipinski definition) is 2. The highest BCUT2D eigenvalue weighted by molar-refractivity contribution is 7.07. The van der Waals surface area contributed by atoms with E-state index in [1.165, 1.54) is 23.8 Å². The van der Waals surface area contributed by atoms with Gasteiger partial charge in [-0.15, -0.1) is 0 Å². The van der Waals surface area contributed by atoms with Gasteiger partial charge in [0.15, 0.2) is 6.54 Å². The summed E-state index contributed by atoms with van der Waals surface area (Å²) in [5.74, 6) is -0.725. The average molecular weight is 314 g/mol. The average Bonchev–Trinajstić information content (AvgIpc) is 2.86. The second-order valence-electron chi connectivity index (χ2n) is 4.61. The van der Waals surface area contributed by atoms with Gasteiger partial charge in [-0.25, -0.2) is 4.39 Å². The molecule has 1 aromatic heterocycles. The molecular weight excluding hydrogens is 299 g/mol. The zero-order chi connectivity index (χ0) is 14.5. The number of halogens is 2. The third-order valence-corrected chi connectivity index (χ3v) is 3.72. The molecule has 106 valence electrons. The van der Waals surface area contributed by atoms with Crippen LogP contribution in [0.25, 0.3) is 0 Å². The highest BCUT2D eigenvalue weighted by Gasteiger charge is 2.13. The molecule has 0 aliphatic carbocycles. The van der Waals surface area contributed by atoms with Gasteiger partial charge in [0, 0.05) is 10.6 Å². The SMILES string of the molecule is C[NH+](CC(=O)Nc1cc(Cl)ccc1F)Cc1ccsc1. The van der Waals surface area contributed by atoms with E-state index in [9.17, 15) is 9.18 Å². The van der Waals surface area contributed by atoms with E-state index in [0.29, 0.717) is 5.02 Å². The molecule has 6 heteroatoms. The number of rotatable bonds is 5. The quantitative estimate of drug-likeness (QED) is 0.872. The maximum Gasteiger partial charge on any atom is 0.279 e. The van der Waals surface area contributed by atoms with E-state index in [1.54, 1.807) is 11.3 Å². The summed E-state index contributed by atoms with van der Waals surface area (Å²) in [6, 6.07) is 6.12. The summed E-state index contributed by atoms with van der Waals surface area (Å²) in [7, 11) is 1.92. The number of quaternary nitrogens is 1. The molecule has 0 aliphatic rings. The maximum atomic E-state index is 13.5. The predicted octanol–water partition coefficient (Wildman–Crippen LogP) is 2.19. The van der Waals surface area contributed by atoms with Crippen LogP contribution in [0, 0.1) is 5.82 Å². The van der Waals surface area contributed by atoms with Gasteiger partial charge in [0.2, 0.25) is 0 Å². The lowest BCUT2D eigenvalue weighted by Gasteiger charge is -2.13. The molecule has 2 aromatic rings. The van der Waals surface area contributed by atoms with Crippen molar-refractivity contribution in [2.45, 2.75) is 6.54 Å². The Kier molecular flexibility index (Phi) is 5.11. The molecule has 3 nitrogen and oxygen atoms in total. The molecule has 1 heterocycles. The van der Waals surface area contributed by atoms with Gasteiger partial charge in [-0.05, 0) is 35.0 Å². The van der Waals surface area contributed by atoms with Gasteiger partial charge in [-0.1, -0.05) is 11.6 Å². The summed E-state index contributed by atoms with van der Waals surface area (Å²) in [6.07, 6.45) is 0. The van der Waals surface area contributed by atoms with Crippen molar-refractivity contribution in [3.63, 3.8) is 0 Å². The van der Waals surface area contributed by atoms with E-state index < -0.39 is 5.82 Å². The molecule has 1 amide bonds. The number of anilines is 1. The lowest BCUT2D eigenvalue weighted by atomic mass is 10.3. The smallest absolute Gasteiger partial charge is 0.279 e. The number of amides is 1. The zero-order valence-electron chi connectivity index (χ0n) is 11.0. The molecule has 0 saturated carbocycles. The van der Waals surface area contributed by atoms with Crippen LogP contribution in [0.2, 0.25) is 5.02 Å². The minimum atomic E-state index is -0.488. The van der Waals surface area contributed by atoms with E-state index in [2.05, 4.69) is 10.7 Å². The van der Waals surface area contributed by atoms with Crippen LogP contribution in [0.3, 0.4) is 0 Å². The summed E-state index contributed by atoms with van der Waals surface area (Å²) in [6.45, 7) is 1.02. The summed E-state index contributed by atoms with van der Waals surface area (Å²) >= 11 is 7.41. The number of hydrogen-bond acceptors (Lipinski definition) is 2. The first-order chi connectivity index (χ1) is 9.54. The van der Waals surface area contributed by atoms with Crippen LogP contribution < -0.4 is 10.2 Å². The van der Waals surface area contributed by atoms with Crippen molar-refractivity contribution in [2.75, 3.05) is 18.9 Å². The molecule has 0 fully saturated rings. The van der Waals surface area contributed by atoms with Crippen molar-refractivity contribution in [1.29, 1.82) is 0 Å². The van der Waals surface area contributed by atoms with Gasteiger partial charge >= 0.3 is 0 Å². The van der Waals surface area contributed by atoms with Gasteiger partial charge in [-0.3, -0.25) is 4.79 Å². The molecule has 0 radical (unpaired) electrons. The molecular formula is C14H15ClFN2OS+. The third kappa shape index (κ3) is 4.30. The lowest BCUT2D eigenvalue weighted by Crippen LogP contribution is -3.08. The number of carbonyl (C=O) groups excluding carboxylic acids is 1. The first kappa shape index (κ1) is 15.0. The summed E-state index contributed by atoms with van der Waals surface area (Å²) in [5.41, 5.74) is 1.31. The van der Waals surface area contributed by atoms with E-state index in [0.717, 1.165) is 11.4 Å². The molecule has 1 atom stereocenters. The molecule has 2 N–H and O–H groups in total. The number of benzene rings is 1. The zero-order valence-corrected chi connectivity index (χ0v) is 12.5. The Bertz CT molecular complexity index is 589. The van der Waals surface area contributed by atoms with E-state index in [-0.39, 0.29) is 18.1 Å². The largest absolute Gasteiger partial charge is 0.326 e. The fourth-order valence-electron chi connectivity index (χ4n) is 1.87. The number of thiophene rings is 1. The first-order valence-corrected chi connectivity index (χ1v) is 7.44. The van der Waals surface area contributed by atoms with Gasteiger partial charge in [0.05, 0.1) is 12.7 Å². The fraction of sp³-hybridized carbons (Fsp3) is 0.214. The topological polar surface area (TPSA) is 33.5 Å². The Labute approximate surface area is 126 Å². The second kappa shape index (κ2) is 6.83. The molecule has 1 unspecified atom stereocenters. The second-order valence-corrected chi connectivity index (χ2v) is 5.83. The first-order valence-electron chi connectivity index (χ1n) is 6.12. The lowest BCUT2D eigenvalue weighted by molar-refractivity contribution is -0.885. The van der Waals surface area contributed by atoms with Crippen molar-refractivity contribution < 1.29 is 14.1 Å². The Morgan fingerprint density at radius 2 is 2.25 bits per heavy atom. The van der Waals surface area contributed by atoms with Crippen LogP contribution in [0.4, 0.5) is 10.1 Å². The van der Waals surface area contributed by atoms with Crippen molar-refractivity contribution in [3.05, 3.63) is 51.4 Å². The fourth-order valence-corrected chi connectivity index (χ4v) is 2.71. The van der Waals surface area contributed by atoms with Crippen molar-refractivity contribution in [1.82, 2.24) is 0 Å². The predicted molar refractivity (Wildman–Crippen MR) is 79.8 cm³/mol. The van der Waals surface area contributed by atoms with Crippen molar-refractivity contribution in [2.24, 2.45) is 0 Å². The van der Waals surface area contributed by atoms with Crippen LogP contribution in [0.1, 0.15) is 5.56 Å². The van der Waals surface area contributed by atoms with E-state index in [1.807, 2.05) is 18.5 Å². The van der Waals surface area contributed by atoms with Gasteiger partial charge in [-0.2, -0.15) is 11.3 Å². The van der Waals surface area contributed by atoms with Crippen LogP contribution in [0.5, 0.6) is 0 Å². The van der Waals surface area contributed by atoms with Crippen LogP contribution in [-0.2, 0) is 11.3 Å². The van der Waals surface area contributed by atoms with Gasteiger partial charge in [0.1, 0.15) is 12.4 Å². The van der Waals surface area contributed by atoms with E-state index in [4.69, 9.17) is 11.6 Å². The number of carbonyl (C=O) groups is 1. The van der Waals surface area contributed by atoms with Crippen LogP contribution in [0.15, 0.2) is 35.0 Å². The Hall–Kier alpha value is -1.43. The van der Waals surface area contributed by atoms with E-state index >= 15 is 0 Å². The van der Waals surface area contributed by atoms with Crippen molar-refractivity contribution in [3.8, 4) is 0 Å². The summed E-state index contributed by atoms with van der Waals surface area (Å²) in [4.78, 5) is 12.9. The molecule has 1 aromatic carbocycles. The third-order valence-electron chi connectivity index (χ3n) is 2.75. The van der Waals surface area contributed by atoms with Crippen LogP contribution >= 0.6 is 22.9 Å². The summed E-state index contributed by atoms with van der Waals surface area (Å²) < 4.78 is 13.5. The number of likely N-dealkylation sites (N-methyl/N-ethyl adjacent to an activating group) is 1. The Morgan fingerprint density at radius 1 is 1.45 bits per heavy atom. The highest BCUT2D eigenvalue weighted by Crippen LogP contribution is 2.19. The molecule has 0 bridgehead atoms. The van der Waals surface area contributed by atoms with Gasteiger partial charge < -0.3 is 10.2 Å². The minimum Gasteiger partial charge on any atom is -0.326 e. The Balaban J connectivity index is 1.90. The minimum absolute atomic E-state index is 0.117. The molecule has 20 heavy (non-hydrogen) atoms. The maximum absolute atomic E-state index is 13.5.